The Hall–Kier alpha value is -1.14. The first kappa shape index (κ1) is 14.3. The van der Waals surface area contributed by atoms with Gasteiger partial charge < -0.3 is 5.32 Å². The average Bonchev–Trinajstić information content (AvgIpc) is 2.30. The van der Waals surface area contributed by atoms with Gasteiger partial charge in [0.15, 0.2) is 0 Å². The van der Waals surface area contributed by atoms with Gasteiger partial charge in [-0.15, -0.1) is 0 Å². The number of alkyl halides is 3. The molecule has 1 fully saturated rings. The fourth-order valence-electron chi connectivity index (χ4n) is 2.27. The van der Waals surface area contributed by atoms with Crippen molar-refractivity contribution in [3.63, 3.8) is 0 Å². The second-order valence-electron chi connectivity index (χ2n) is 4.89. The highest BCUT2D eigenvalue weighted by Gasteiger charge is 2.31. The number of halogens is 4. The van der Waals surface area contributed by atoms with E-state index in [0.29, 0.717) is 13.1 Å². The number of nitrogens with one attached hydrogen (secondary N) is 1. The number of piperazine rings is 1. The van der Waals surface area contributed by atoms with Gasteiger partial charge >= 0.3 is 6.18 Å². The van der Waals surface area contributed by atoms with Crippen molar-refractivity contribution in [3.8, 4) is 0 Å². The molecule has 0 bridgehead atoms. The van der Waals surface area contributed by atoms with Crippen LogP contribution in [-0.2, 0) is 12.7 Å². The fourth-order valence-corrected chi connectivity index (χ4v) is 2.27. The van der Waals surface area contributed by atoms with Crippen LogP contribution in [-0.4, -0.2) is 30.6 Å². The smallest absolute Gasteiger partial charge is 0.312 e. The van der Waals surface area contributed by atoms with Crippen LogP contribution in [0.3, 0.4) is 0 Å². The predicted molar refractivity (Wildman–Crippen MR) is 64.1 cm³/mol. The maximum Gasteiger partial charge on any atom is 0.416 e. The molecule has 0 saturated carbocycles. The van der Waals surface area contributed by atoms with Gasteiger partial charge in [-0.2, -0.15) is 13.2 Å². The third-order valence-corrected chi connectivity index (χ3v) is 3.22. The van der Waals surface area contributed by atoms with Crippen LogP contribution in [0.15, 0.2) is 18.2 Å². The van der Waals surface area contributed by atoms with Crippen molar-refractivity contribution in [1.29, 1.82) is 0 Å². The van der Waals surface area contributed by atoms with Crippen molar-refractivity contribution in [2.45, 2.75) is 25.7 Å². The highest BCUT2D eigenvalue weighted by Crippen LogP contribution is 2.30. The van der Waals surface area contributed by atoms with Crippen LogP contribution < -0.4 is 5.32 Å². The van der Waals surface area contributed by atoms with Crippen LogP contribution >= 0.6 is 0 Å². The van der Waals surface area contributed by atoms with E-state index in [1.807, 2.05) is 11.8 Å². The molecular weight excluding hydrogens is 260 g/mol. The number of rotatable bonds is 2. The maximum atomic E-state index is 13.6. The molecule has 1 atom stereocenters. The molecular formula is C13H16F4N2. The van der Waals surface area contributed by atoms with E-state index in [-0.39, 0.29) is 18.2 Å². The molecule has 0 aliphatic carbocycles. The Bertz CT molecular complexity index is 445. The van der Waals surface area contributed by atoms with Gasteiger partial charge in [0.25, 0.3) is 0 Å². The summed E-state index contributed by atoms with van der Waals surface area (Å²) < 4.78 is 51.4. The summed E-state index contributed by atoms with van der Waals surface area (Å²) in [5.74, 6) is -0.584. The molecule has 1 heterocycles. The molecule has 106 valence electrons. The van der Waals surface area contributed by atoms with Crippen LogP contribution in [0.5, 0.6) is 0 Å². The Balaban J connectivity index is 2.15. The van der Waals surface area contributed by atoms with Crippen LogP contribution in [0.4, 0.5) is 17.6 Å². The van der Waals surface area contributed by atoms with Gasteiger partial charge in [-0.05, 0) is 25.1 Å². The van der Waals surface area contributed by atoms with Crippen molar-refractivity contribution in [2.24, 2.45) is 0 Å². The third kappa shape index (κ3) is 3.67. The molecule has 0 aromatic heterocycles. The van der Waals surface area contributed by atoms with Crippen molar-refractivity contribution in [2.75, 3.05) is 19.6 Å². The summed E-state index contributed by atoms with van der Waals surface area (Å²) in [5, 5.41) is 3.23. The number of hydrogen-bond acceptors (Lipinski definition) is 2. The lowest BCUT2D eigenvalue weighted by Crippen LogP contribution is -2.48. The molecule has 1 N–H and O–H groups in total. The van der Waals surface area contributed by atoms with Crippen LogP contribution in [0.1, 0.15) is 18.1 Å². The lowest BCUT2D eigenvalue weighted by molar-refractivity contribution is -0.137. The predicted octanol–water partition coefficient (Wildman–Crippen LogP) is 2.64. The van der Waals surface area contributed by atoms with Crippen molar-refractivity contribution in [1.82, 2.24) is 10.2 Å². The molecule has 1 aliphatic heterocycles. The summed E-state index contributed by atoms with van der Waals surface area (Å²) in [6, 6.07) is 2.84. The topological polar surface area (TPSA) is 15.3 Å². The fraction of sp³-hybridized carbons (Fsp3) is 0.538. The Morgan fingerprint density at radius 1 is 1.37 bits per heavy atom. The molecule has 1 saturated heterocycles. The van der Waals surface area contributed by atoms with E-state index in [0.717, 1.165) is 24.7 Å². The van der Waals surface area contributed by atoms with E-state index in [1.165, 1.54) is 0 Å². The molecule has 1 aromatic rings. The molecule has 0 unspecified atom stereocenters. The monoisotopic (exact) mass is 276 g/mol. The number of benzene rings is 1. The molecule has 0 spiro atoms. The van der Waals surface area contributed by atoms with Gasteiger partial charge in [0.1, 0.15) is 5.82 Å². The number of nitrogens with zero attached hydrogens (tertiary/aromatic N) is 1. The minimum atomic E-state index is -4.43. The molecule has 0 amide bonds. The molecule has 2 rings (SSSR count). The van der Waals surface area contributed by atoms with Gasteiger partial charge in [0.2, 0.25) is 0 Å². The van der Waals surface area contributed by atoms with E-state index in [2.05, 4.69) is 5.32 Å². The first-order valence-electron chi connectivity index (χ1n) is 6.17. The van der Waals surface area contributed by atoms with Crippen molar-refractivity contribution >= 4 is 0 Å². The molecule has 19 heavy (non-hydrogen) atoms. The maximum absolute atomic E-state index is 13.6. The highest BCUT2D eigenvalue weighted by molar-refractivity contribution is 5.27. The molecule has 1 aromatic carbocycles. The minimum absolute atomic E-state index is 0.101. The molecule has 2 nitrogen and oxygen atoms in total. The average molecular weight is 276 g/mol. The van der Waals surface area contributed by atoms with Crippen molar-refractivity contribution < 1.29 is 17.6 Å². The zero-order valence-corrected chi connectivity index (χ0v) is 10.6. The summed E-state index contributed by atoms with van der Waals surface area (Å²) in [4.78, 5) is 1.96. The van der Waals surface area contributed by atoms with Gasteiger partial charge in [-0.3, -0.25) is 4.90 Å². The second kappa shape index (κ2) is 5.46. The normalized spacial score (nSPS) is 21.6. The van der Waals surface area contributed by atoms with E-state index in [4.69, 9.17) is 0 Å². The van der Waals surface area contributed by atoms with E-state index < -0.39 is 17.6 Å². The lowest BCUT2D eigenvalue weighted by Gasteiger charge is -2.32. The summed E-state index contributed by atoms with van der Waals surface area (Å²) in [6.45, 7) is 4.38. The Kier molecular flexibility index (Phi) is 4.10. The Morgan fingerprint density at radius 2 is 2.11 bits per heavy atom. The van der Waals surface area contributed by atoms with E-state index in [9.17, 15) is 17.6 Å². The zero-order valence-electron chi connectivity index (χ0n) is 10.6. The lowest BCUT2D eigenvalue weighted by atomic mass is 10.1. The quantitative estimate of drug-likeness (QED) is 0.835. The summed E-state index contributed by atoms with van der Waals surface area (Å²) in [5.41, 5.74) is -0.698. The summed E-state index contributed by atoms with van der Waals surface area (Å²) >= 11 is 0. The molecule has 6 heteroatoms. The van der Waals surface area contributed by atoms with Crippen LogP contribution in [0, 0.1) is 5.82 Å². The van der Waals surface area contributed by atoms with E-state index >= 15 is 0 Å². The van der Waals surface area contributed by atoms with Gasteiger partial charge in [0, 0.05) is 37.8 Å². The van der Waals surface area contributed by atoms with Gasteiger partial charge in [-0.1, -0.05) is 0 Å². The van der Waals surface area contributed by atoms with Crippen molar-refractivity contribution in [3.05, 3.63) is 35.1 Å². The highest BCUT2D eigenvalue weighted by atomic mass is 19.4. The van der Waals surface area contributed by atoms with Gasteiger partial charge in [0.05, 0.1) is 5.56 Å². The zero-order chi connectivity index (χ0) is 14.0. The van der Waals surface area contributed by atoms with Crippen LogP contribution in [0.2, 0.25) is 0 Å². The summed E-state index contributed by atoms with van der Waals surface area (Å²) in [7, 11) is 0. The second-order valence-corrected chi connectivity index (χ2v) is 4.89. The molecule has 1 aliphatic rings. The largest absolute Gasteiger partial charge is 0.416 e. The van der Waals surface area contributed by atoms with E-state index in [1.54, 1.807) is 0 Å². The first-order valence-corrected chi connectivity index (χ1v) is 6.17. The Labute approximate surface area is 109 Å². The Morgan fingerprint density at radius 3 is 2.74 bits per heavy atom. The summed E-state index contributed by atoms with van der Waals surface area (Å²) in [6.07, 6.45) is -4.43. The SMILES string of the molecule is C[C@@H]1CN(Cc2cc(C(F)(F)F)ccc2F)CCN1. The minimum Gasteiger partial charge on any atom is -0.312 e. The first-order chi connectivity index (χ1) is 8.86. The third-order valence-electron chi connectivity index (χ3n) is 3.22. The van der Waals surface area contributed by atoms with Gasteiger partial charge in [-0.25, -0.2) is 4.39 Å². The standard InChI is InChI=1S/C13H16F4N2/c1-9-7-19(5-4-18-9)8-10-6-11(13(15,16)17)2-3-12(10)14/h2-3,6,9,18H,4-5,7-8H2,1H3/t9-/m1/s1. The number of hydrogen-bond donors (Lipinski definition) is 1. The molecule has 0 radical (unpaired) electrons. The van der Waals surface area contributed by atoms with Crippen LogP contribution in [0.25, 0.3) is 0 Å².